The summed E-state index contributed by atoms with van der Waals surface area (Å²) in [5.41, 5.74) is 0.452. The zero-order chi connectivity index (χ0) is 13.2. The second kappa shape index (κ2) is 5.14. The molecule has 0 bridgehead atoms. The molecule has 0 radical (unpaired) electrons. The average molecular weight is 257 g/mol. The minimum Gasteiger partial charge on any atom is -0.340 e. The molecule has 19 heavy (non-hydrogen) atoms. The van der Waals surface area contributed by atoms with Crippen molar-refractivity contribution in [3.05, 3.63) is 18.0 Å². The number of piperidine rings is 2. The summed E-state index contributed by atoms with van der Waals surface area (Å²) in [5, 5.41) is 8.92. The Morgan fingerprint density at radius 3 is 3.11 bits per heavy atom. The SMILES string of the molecule is CN1CCCC2CN(c3nccc(C#N)n3)CCC21. The smallest absolute Gasteiger partial charge is 0.226 e. The fourth-order valence-electron chi connectivity index (χ4n) is 3.40. The molecule has 5 nitrogen and oxygen atoms in total. The monoisotopic (exact) mass is 257 g/mol. The molecule has 0 saturated carbocycles. The van der Waals surface area contributed by atoms with Gasteiger partial charge in [-0.15, -0.1) is 0 Å². The maximum absolute atomic E-state index is 8.92. The number of fused-ring (bicyclic) bond motifs is 1. The van der Waals surface area contributed by atoms with Crippen molar-refractivity contribution in [3.63, 3.8) is 0 Å². The molecule has 2 aliphatic heterocycles. The van der Waals surface area contributed by atoms with Crippen LogP contribution in [0.3, 0.4) is 0 Å². The minimum absolute atomic E-state index is 0.452. The molecule has 0 N–H and O–H groups in total. The van der Waals surface area contributed by atoms with Crippen LogP contribution >= 0.6 is 0 Å². The lowest BCUT2D eigenvalue weighted by Crippen LogP contribution is -2.53. The Bertz CT molecular complexity index is 495. The third-order valence-electron chi connectivity index (χ3n) is 4.39. The molecule has 3 heterocycles. The van der Waals surface area contributed by atoms with Crippen LogP contribution in [0.2, 0.25) is 0 Å². The third kappa shape index (κ3) is 2.41. The van der Waals surface area contributed by atoms with Crippen LogP contribution < -0.4 is 4.90 Å². The van der Waals surface area contributed by atoms with Crippen molar-refractivity contribution < 1.29 is 0 Å². The Morgan fingerprint density at radius 2 is 2.26 bits per heavy atom. The Kier molecular flexibility index (Phi) is 3.34. The fraction of sp³-hybridized carbons (Fsp3) is 0.643. The first-order chi connectivity index (χ1) is 9.28. The van der Waals surface area contributed by atoms with Gasteiger partial charge in [-0.2, -0.15) is 5.26 Å². The van der Waals surface area contributed by atoms with Crippen LogP contribution in [0.15, 0.2) is 12.3 Å². The second-order valence-corrected chi connectivity index (χ2v) is 5.54. The van der Waals surface area contributed by atoms with E-state index in [1.807, 2.05) is 0 Å². The van der Waals surface area contributed by atoms with Crippen LogP contribution in [-0.2, 0) is 0 Å². The molecule has 2 fully saturated rings. The molecule has 100 valence electrons. The van der Waals surface area contributed by atoms with Gasteiger partial charge in [0.25, 0.3) is 0 Å². The molecule has 0 aromatic carbocycles. The van der Waals surface area contributed by atoms with Crippen molar-refractivity contribution in [3.8, 4) is 6.07 Å². The number of nitriles is 1. The largest absolute Gasteiger partial charge is 0.340 e. The summed E-state index contributed by atoms with van der Waals surface area (Å²) in [7, 11) is 2.24. The zero-order valence-electron chi connectivity index (χ0n) is 11.3. The van der Waals surface area contributed by atoms with Gasteiger partial charge in [-0.3, -0.25) is 0 Å². The van der Waals surface area contributed by atoms with Gasteiger partial charge < -0.3 is 9.80 Å². The summed E-state index contributed by atoms with van der Waals surface area (Å²) in [6.07, 6.45) is 5.43. The minimum atomic E-state index is 0.452. The zero-order valence-corrected chi connectivity index (χ0v) is 11.3. The maximum Gasteiger partial charge on any atom is 0.226 e. The number of aromatic nitrogens is 2. The summed E-state index contributed by atoms with van der Waals surface area (Å²) in [5.74, 6) is 1.42. The van der Waals surface area contributed by atoms with Gasteiger partial charge in [0.15, 0.2) is 0 Å². The Hall–Kier alpha value is -1.67. The van der Waals surface area contributed by atoms with Crippen molar-refractivity contribution in [1.29, 1.82) is 5.26 Å². The molecule has 3 rings (SSSR count). The highest BCUT2D eigenvalue weighted by atomic mass is 15.3. The highest BCUT2D eigenvalue weighted by Crippen LogP contribution is 2.30. The predicted molar refractivity (Wildman–Crippen MR) is 72.7 cm³/mol. The van der Waals surface area contributed by atoms with Crippen LogP contribution in [0.4, 0.5) is 5.95 Å². The van der Waals surface area contributed by atoms with E-state index < -0.39 is 0 Å². The molecule has 0 aliphatic carbocycles. The molecule has 0 amide bonds. The van der Waals surface area contributed by atoms with Gasteiger partial charge in [0.05, 0.1) is 0 Å². The van der Waals surface area contributed by atoms with Crippen molar-refractivity contribution >= 4 is 5.95 Å². The third-order valence-corrected chi connectivity index (χ3v) is 4.39. The van der Waals surface area contributed by atoms with Crippen molar-refractivity contribution in [1.82, 2.24) is 14.9 Å². The van der Waals surface area contributed by atoms with Gasteiger partial charge in [-0.05, 0) is 44.8 Å². The molecule has 0 spiro atoms. The molecule has 5 heteroatoms. The predicted octanol–water partition coefficient (Wildman–Crippen LogP) is 1.27. The molecule has 2 aliphatic rings. The first-order valence-electron chi connectivity index (χ1n) is 6.96. The van der Waals surface area contributed by atoms with Gasteiger partial charge >= 0.3 is 0 Å². The Labute approximate surface area is 113 Å². The number of hydrogen-bond donors (Lipinski definition) is 0. The summed E-state index contributed by atoms with van der Waals surface area (Å²) < 4.78 is 0. The van der Waals surface area contributed by atoms with Crippen LogP contribution in [-0.4, -0.2) is 47.6 Å². The number of likely N-dealkylation sites (tertiary alicyclic amines) is 1. The van der Waals surface area contributed by atoms with Gasteiger partial charge in [0.2, 0.25) is 5.95 Å². The number of rotatable bonds is 1. The average Bonchev–Trinajstić information content (AvgIpc) is 2.47. The molecule has 2 unspecified atom stereocenters. The Balaban J connectivity index is 1.75. The first kappa shape index (κ1) is 12.4. The van der Waals surface area contributed by atoms with Crippen LogP contribution in [0.1, 0.15) is 25.0 Å². The van der Waals surface area contributed by atoms with Crippen molar-refractivity contribution in [2.24, 2.45) is 5.92 Å². The van der Waals surface area contributed by atoms with Crippen LogP contribution in [0, 0.1) is 17.2 Å². The summed E-state index contributed by atoms with van der Waals surface area (Å²) in [6, 6.07) is 4.45. The van der Waals surface area contributed by atoms with E-state index in [1.54, 1.807) is 12.3 Å². The lowest BCUT2D eigenvalue weighted by atomic mass is 9.84. The molecular formula is C14H19N5. The second-order valence-electron chi connectivity index (χ2n) is 5.54. The highest BCUT2D eigenvalue weighted by molar-refractivity contribution is 5.34. The molecule has 2 atom stereocenters. The van der Waals surface area contributed by atoms with E-state index in [9.17, 15) is 0 Å². The van der Waals surface area contributed by atoms with Gasteiger partial charge in [-0.25, -0.2) is 9.97 Å². The number of hydrogen-bond acceptors (Lipinski definition) is 5. The normalized spacial score (nSPS) is 27.7. The topological polar surface area (TPSA) is 56.0 Å². The standard InChI is InChI=1S/C14H19N5/c1-18-7-2-3-11-10-19(8-5-13(11)18)14-16-6-4-12(9-15)17-14/h4,6,11,13H,2-3,5,7-8,10H2,1H3. The fourth-order valence-corrected chi connectivity index (χ4v) is 3.40. The van der Waals surface area contributed by atoms with Gasteiger partial charge in [0.1, 0.15) is 11.8 Å². The summed E-state index contributed by atoms with van der Waals surface area (Å²) in [6.45, 7) is 3.23. The maximum atomic E-state index is 8.92. The molecule has 2 saturated heterocycles. The van der Waals surface area contributed by atoms with E-state index in [-0.39, 0.29) is 0 Å². The van der Waals surface area contributed by atoms with Crippen LogP contribution in [0.5, 0.6) is 0 Å². The van der Waals surface area contributed by atoms with Crippen LogP contribution in [0.25, 0.3) is 0 Å². The quantitative estimate of drug-likeness (QED) is 0.758. The van der Waals surface area contributed by atoms with E-state index in [1.165, 1.54) is 25.8 Å². The summed E-state index contributed by atoms with van der Waals surface area (Å²) >= 11 is 0. The van der Waals surface area contributed by atoms with Gasteiger partial charge in [0, 0.05) is 25.3 Å². The summed E-state index contributed by atoms with van der Waals surface area (Å²) in [4.78, 5) is 13.4. The van der Waals surface area contributed by atoms with E-state index >= 15 is 0 Å². The lowest BCUT2D eigenvalue weighted by Gasteiger charge is -2.45. The Morgan fingerprint density at radius 1 is 1.37 bits per heavy atom. The molecule has 1 aromatic rings. The molecule has 1 aromatic heterocycles. The first-order valence-corrected chi connectivity index (χ1v) is 6.96. The van der Waals surface area contributed by atoms with E-state index in [0.717, 1.165) is 13.1 Å². The molecular weight excluding hydrogens is 238 g/mol. The van der Waals surface area contributed by atoms with Gasteiger partial charge in [-0.1, -0.05) is 0 Å². The van der Waals surface area contributed by atoms with E-state index in [0.29, 0.717) is 23.6 Å². The van der Waals surface area contributed by atoms with Crippen molar-refractivity contribution in [2.75, 3.05) is 31.6 Å². The number of nitrogens with zero attached hydrogens (tertiary/aromatic N) is 5. The van der Waals surface area contributed by atoms with E-state index in [4.69, 9.17) is 5.26 Å². The number of anilines is 1. The van der Waals surface area contributed by atoms with E-state index in [2.05, 4.69) is 32.9 Å². The van der Waals surface area contributed by atoms with Crippen molar-refractivity contribution in [2.45, 2.75) is 25.3 Å². The lowest BCUT2D eigenvalue weighted by molar-refractivity contribution is 0.102. The highest BCUT2D eigenvalue weighted by Gasteiger charge is 2.34.